The Morgan fingerprint density at radius 1 is 1.17 bits per heavy atom. The van der Waals surface area contributed by atoms with Gasteiger partial charge in [-0.15, -0.1) is 11.8 Å². The van der Waals surface area contributed by atoms with Crippen molar-refractivity contribution in [1.82, 2.24) is 10.6 Å². The second-order valence-electron chi connectivity index (χ2n) is 6.20. The summed E-state index contributed by atoms with van der Waals surface area (Å²) >= 11 is 1.34. The summed E-state index contributed by atoms with van der Waals surface area (Å²) in [4.78, 5) is 24.3. The van der Waals surface area contributed by atoms with Crippen molar-refractivity contribution < 1.29 is 19.1 Å². The maximum absolute atomic E-state index is 11.8. The van der Waals surface area contributed by atoms with E-state index < -0.39 is 6.03 Å². The molecule has 0 aromatic heterocycles. The summed E-state index contributed by atoms with van der Waals surface area (Å²) in [5.74, 6) is 1.22. The maximum atomic E-state index is 11.8. The highest BCUT2D eigenvalue weighted by atomic mass is 32.2. The molecule has 1 aliphatic rings. The van der Waals surface area contributed by atoms with Crippen LogP contribution < -0.4 is 20.1 Å². The zero-order valence-corrected chi connectivity index (χ0v) is 14.4. The monoisotopic (exact) mass is 338 g/mol. The van der Waals surface area contributed by atoms with Crippen LogP contribution in [-0.4, -0.2) is 36.4 Å². The molecule has 6 nitrogen and oxygen atoms in total. The highest BCUT2D eigenvalue weighted by Gasteiger charge is 2.16. The minimum atomic E-state index is -0.484. The number of fused-ring (bicyclic) bond motifs is 1. The quantitative estimate of drug-likeness (QED) is 0.829. The second kappa shape index (κ2) is 7.59. The largest absolute Gasteiger partial charge is 0.490 e. The van der Waals surface area contributed by atoms with Crippen molar-refractivity contribution in [3.63, 3.8) is 0 Å². The zero-order valence-electron chi connectivity index (χ0n) is 13.6. The van der Waals surface area contributed by atoms with Gasteiger partial charge in [0, 0.05) is 16.9 Å². The Hall–Kier alpha value is -1.89. The van der Waals surface area contributed by atoms with Gasteiger partial charge in [0.05, 0.1) is 19.0 Å². The molecule has 23 heavy (non-hydrogen) atoms. The fraction of sp³-hybridized carbons (Fsp3) is 0.500. The highest BCUT2D eigenvalue weighted by Crippen LogP contribution is 2.33. The Bertz CT molecular complexity index is 584. The van der Waals surface area contributed by atoms with Gasteiger partial charge in [0.2, 0.25) is 5.91 Å². The molecule has 0 fully saturated rings. The summed E-state index contributed by atoms with van der Waals surface area (Å²) < 4.78 is 11.2. The third-order valence-electron chi connectivity index (χ3n) is 2.83. The molecular weight excluding hydrogens is 316 g/mol. The molecule has 1 aliphatic heterocycles. The van der Waals surface area contributed by atoms with Gasteiger partial charge in [-0.2, -0.15) is 0 Å². The molecule has 0 bridgehead atoms. The number of carbonyl (C=O) groups is 2. The smallest absolute Gasteiger partial charge is 0.321 e. The summed E-state index contributed by atoms with van der Waals surface area (Å²) in [6.45, 7) is 6.82. The third-order valence-corrected chi connectivity index (χ3v) is 3.82. The van der Waals surface area contributed by atoms with Crippen LogP contribution in [-0.2, 0) is 4.79 Å². The molecule has 0 aliphatic carbocycles. The van der Waals surface area contributed by atoms with Crippen LogP contribution in [0.15, 0.2) is 23.1 Å². The van der Waals surface area contributed by atoms with E-state index in [1.807, 2.05) is 39.0 Å². The summed E-state index contributed by atoms with van der Waals surface area (Å²) in [6.07, 6.45) is 0.850. The van der Waals surface area contributed by atoms with Gasteiger partial charge in [-0.05, 0) is 39.0 Å². The number of ether oxygens (including phenoxy) is 2. The van der Waals surface area contributed by atoms with E-state index in [4.69, 9.17) is 9.47 Å². The zero-order chi connectivity index (χ0) is 16.9. The van der Waals surface area contributed by atoms with E-state index in [9.17, 15) is 9.59 Å². The standard InChI is InChI=1S/C16H22N2O4S/c1-16(2,3)18-15(20)17-14(19)10-23-11-5-6-12-13(9-11)22-8-4-7-21-12/h5-6,9H,4,7-8,10H2,1-3H3,(H2,17,18,19,20). The molecule has 0 radical (unpaired) electrons. The highest BCUT2D eigenvalue weighted by molar-refractivity contribution is 8.00. The first kappa shape index (κ1) is 17.5. The van der Waals surface area contributed by atoms with Crippen molar-refractivity contribution in [2.45, 2.75) is 37.6 Å². The normalized spacial score (nSPS) is 13.9. The molecule has 3 amide bonds. The molecule has 7 heteroatoms. The van der Waals surface area contributed by atoms with Gasteiger partial charge in [0.15, 0.2) is 11.5 Å². The van der Waals surface area contributed by atoms with Crippen molar-refractivity contribution in [2.75, 3.05) is 19.0 Å². The Balaban J connectivity index is 1.85. The molecule has 1 heterocycles. The van der Waals surface area contributed by atoms with Crippen LogP contribution in [0.4, 0.5) is 4.79 Å². The minimum absolute atomic E-state index is 0.150. The number of hydrogen-bond donors (Lipinski definition) is 2. The molecule has 2 rings (SSSR count). The fourth-order valence-electron chi connectivity index (χ4n) is 1.92. The fourth-order valence-corrected chi connectivity index (χ4v) is 2.64. The number of rotatable bonds is 3. The Labute approximate surface area is 140 Å². The van der Waals surface area contributed by atoms with E-state index in [2.05, 4.69) is 10.6 Å². The van der Waals surface area contributed by atoms with Gasteiger partial charge in [-0.3, -0.25) is 10.1 Å². The molecular formula is C16H22N2O4S. The molecule has 0 unspecified atom stereocenters. The lowest BCUT2D eigenvalue weighted by Crippen LogP contribution is -2.48. The van der Waals surface area contributed by atoms with E-state index in [0.29, 0.717) is 19.0 Å². The van der Waals surface area contributed by atoms with Crippen LogP contribution in [0, 0.1) is 0 Å². The van der Waals surface area contributed by atoms with Crippen molar-refractivity contribution in [3.8, 4) is 11.5 Å². The first-order chi connectivity index (χ1) is 10.8. The Morgan fingerprint density at radius 2 is 1.87 bits per heavy atom. The molecule has 1 aromatic carbocycles. The second-order valence-corrected chi connectivity index (χ2v) is 7.25. The van der Waals surface area contributed by atoms with E-state index in [0.717, 1.165) is 17.1 Å². The number of thioether (sulfide) groups is 1. The van der Waals surface area contributed by atoms with Gasteiger partial charge >= 0.3 is 6.03 Å². The lowest BCUT2D eigenvalue weighted by Gasteiger charge is -2.20. The van der Waals surface area contributed by atoms with Gasteiger partial charge in [-0.25, -0.2) is 4.79 Å². The van der Waals surface area contributed by atoms with Crippen molar-refractivity contribution in [2.24, 2.45) is 0 Å². The van der Waals surface area contributed by atoms with Crippen LogP contribution in [0.5, 0.6) is 11.5 Å². The van der Waals surface area contributed by atoms with Crippen LogP contribution in [0.25, 0.3) is 0 Å². The molecule has 0 atom stereocenters. The summed E-state index contributed by atoms with van der Waals surface area (Å²) in [5.41, 5.74) is -0.383. The molecule has 0 saturated heterocycles. The summed E-state index contributed by atoms with van der Waals surface area (Å²) in [6, 6.07) is 5.09. The topological polar surface area (TPSA) is 76.7 Å². The lowest BCUT2D eigenvalue weighted by molar-refractivity contribution is -0.117. The number of imide groups is 1. The summed E-state index contributed by atoms with van der Waals surface area (Å²) in [7, 11) is 0. The van der Waals surface area contributed by atoms with Crippen molar-refractivity contribution in [3.05, 3.63) is 18.2 Å². The molecule has 0 saturated carbocycles. The van der Waals surface area contributed by atoms with Gasteiger partial charge in [0.1, 0.15) is 0 Å². The number of nitrogens with one attached hydrogen (secondary N) is 2. The Morgan fingerprint density at radius 3 is 2.57 bits per heavy atom. The molecule has 126 valence electrons. The van der Waals surface area contributed by atoms with E-state index in [1.54, 1.807) is 0 Å². The average molecular weight is 338 g/mol. The number of hydrogen-bond acceptors (Lipinski definition) is 5. The van der Waals surface area contributed by atoms with Crippen LogP contribution in [0.2, 0.25) is 0 Å². The van der Waals surface area contributed by atoms with E-state index in [-0.39, 0.29) is 17.2 Å². The predicted octanol–water partition coefficient (Wildman–Crippen LogP) is 2.56. The first-order valence-electron chi connectivity index (χ1n) is 7.48. The Kier molecular flexibility index (Phi) is 5.76. The van der Waals surface area contributed by atoms with E-state index in [1.165, 1.54) is 11.8 Å². The van der Waals surface area contributed by atoms with Gasteiger partial charge in [-0.1, -0.05) is 0 Å². The molecule has 2 N–H and O–H groups in total. The van der Waals surface area contributed by atoms with Crippen molar-refractivity contribution >= 4 is 23.7 Å². The predicted molar refractivity (Wildman–Crippen MR) is 89.2 cm³/mol. The lowest BCUT2D eigenvalue weighted by atomic mass is 10.1. The van der Waals surface area contributed by atoms with Crippen LogP contribution in [0.1, 0.15) is 27.2 Å². The average Bonchev–Trinajstić information content (AvgIpc) is 2.67. The first-order valence-corrected chi connectivity index (χ1v) is 8.46. The number of urea groups is 1. The van der Waals surface area contributed by atoms with Crippen LogP contribution in [0.3, 0.4) is 0 Å². The number of amides is 3. The number of benzene rings is 1. The molecule has 1 aromatic rings. The van der Waals surface area contributed by atoms with Gasteiger partial charge < -0.3 is 14.8 Å². The SMILES string of the molecule is CC(C)(C)NC(=O)NC(=O)CSc1ccc2c(c1)OCCCO2. The third kappa shape index (κ3) is 6.02. The minimum Gasteiger partial charge on any atom is -0.490 e. The van der Waals surface area contributed by atoms with E-state index >= 15 is 0 Å². The van der Waals surface area contributed by atoms with Crippen molar-refractivity contribution in [1.29, 1.82) is 0 Å². The number of carbonyl (C=O) groups excluding carboxylic acids is 2. The van der Waals surface area contributed by atoms with Crippen LogP contribution >= 0.6 is 11.8 Å². The van der Waals surface area contributed by atoms with Gasteiger partial charge in [0.25, 0.3) is 0 Å². The molecule has 0 spiro atoms. The maximum Gasteiger partial charge on any atom is 0.321 e. The summed E-state index contributed by atoms with van der Waals surface area (Å²) in [5, 5.41) is 4.99.